The first-order valence-corrected chi connectivity index (χ1v) is 8.68. The first-order chi connectivity index (χ1) is 11.7. The Labute approximate surface area is 142 Å². The monoisotopic (exact) mass is 331 g/mol. The topological polar surface area (TPSA) is 70.7 Å². The first-order valence-electron chi connectivity index (χ1n) is 8.68. The second kappa shape index (κ2) is 8.26. The fourth-order valence-electron chi connectivity index (χ4n) is 3.24. The van der Waals surface area contributed by atoms with E-state index in [0.29, 0.717) is 32.7 Å². The van der Waals surface area contributed by atoms with E-state index in [0.717, 1.165) is 24.9 Å². The standard InChI is InChI=1S/C18H25N3O3/c22-17(20-15-8-4-5-9-19-18(15)23)13-21-10-11-24-16(12-21)14-6-2-1-3-7-14/h1-3,6-7,15-16H,4-5,8-13H2,(H,19,23)(H,20,22). The lowest BCUT2D eigenvalue weighted by Crippen LogP contribution is -2.50. The molecule has 1 aromatic rings. The number of morpholine rings is 1. The first kappa shape index (κ1) is 16.9. The van der Waals surface area contributed by atoms with Crippen LogP contribution in [0.1, 0.15) is 30.9 Å². The SMILES string of the molecule is O=C(CN1CCOC(c2ccccc2)C1)NC1CCCCNC1=O. The van der Waals surface area contributed by atoms with Crippen molar-refractivity contribution < 1.29 is 14.3 Å². The Kier molecular flexibility index (Phi) is 5.82. The summed E-state index contributed by atoms with van der Waals surface area (Å²) in [6.07, 6.45) is 2.64. The van der Waals surface area contributed by atoms with Crippen molar-refractivity contribution in [1.82, 2.24) is 15.5 Å². The normalized spacial score (nSPS) is 25.6. The van der Waals surface area contributed by atoms with E-state index >= 15 is 0 Å². The summed E-state index contributed by atoms with van der Waals surface area (Å²) in [6.45, 7) is 3.03. The molecule has 0 spiro atoms. The number of rotatable bonds is 4. The third-order valence-electron chi connectivity index (χ3n) is 4.56. The van der Waals surface area contributed by atoms with Gasteiger partial charge in [0.2, 0.25) is 11.8 Å². The summed E-state index contributed by atoms with van der Waals surface area (Å²) in [5.41, 5.74) is 1.13. The molecule has 0 saturated carbocycles. The van der Waals surface area contributed by atoms with Crippen molar-refractivity contribution >= 4 is 11.8 Å². The van der Waals surface area contributed by atoms with Crippen molar-refractivity contribution in [3.8, 4) is 0 Å². The summed E-state index contributed by atoms with van der Waals surface area (Å²) in [4.78, 5) is 26.3. The van der Waals surface area contributed by atoms with Crippen LogP contribution in [-0.2, 0) is 14.3 Å². The van der Waals surface area contributed by atoms with E-state index in [9.17, 15) is 9.59 Å². The molecule has 0 radical (unpaired) electrons. The van der Waals surface area contributed by atoms with Crippen molar-refractivity contribution in [2.75, 3.05) is 32.8 Å². The van der Waals surface area contributed by atoms with Crippen LogP contribution < -0.4 is 10.6 Å². The van der Waals surface area contributed by atoms with Gasteiger partial charge in [-0.3, -0.25) is 14.5 Å². The summed E-state index contributed by atoms with van der Waals surface area (Å²) in [5.74, 6) is -0.157. The predicted octanol–water partition coefficient (Wildman–Crippen LogP) is 0.845. The third-order valence-corrected chi connectivity index (χ3v) is 4.56. The minimum atomic E-state index is -0.397. The van der Waals surface area contributed by atoms with Gasteiger partial charge in [0.25, 0.3) is 0 Å². The molecule has 2 heterocycles. The molecule has 1 aromatic carbocycles. The Hall–Kier alpha value is -1.92. The quantitative estimate of drug-likeness (QED) is 0.858. The second-order valence-corrected chi connectivity index (χ2v) is 6.41. The summed E-state index contributed by atoms with van der Waals surface area (Å²) in [6, 6.07) is 9.67. The summed E-state index contributed by atoms with van der Waals surface area (Å²) >= 11 is 0. The van der Waals surface area contributed by atoms with Gasteiger partial charge in [0.1, 0.15) is 6.04 Å². The van der Waals surface area contributed by atoms with Crippen LogP contribution in [0.3, 0.4) is 0 Å². The van der Waals surface area contributed by atoms with E-state index in [1.165, 1.54) is 0 Å². The number of nitrogens with zero attached hydrogens (tertiary/aromatic N) is 1. The lowest BCUT2D eigenvalue weighted by molar-refractivity contribution is -0.130. The van der Waals surface area contributed by atoms with Gasteiger partial charge in [0.15, 0.2) is 0 Å². The fraction of sp³-hybridized carbons (Fsp3) is 0.556. The van der Waals surface area contributed by atoms with Crippen molar-refractivity contribution in [1.29, 1.82) is 0 Å². The van der Waals surface area contributed by atoms with E-state index in [1.807, 2.05) is 30.3 Å². The van der Waals surface area contributed by atoms with E-state index < -0.39 is 6.04 Å². The van der Waals surface area contributed by atoms with Gasteiger partial charge in [-0.05, 0) is 24.8 Å². The Morgan fingerprint density at radius 3 is 2.96 bits per heavy atom. The molecule has 2 atom stereocenters. The molecule has 2 saturated heterocycles. The average molecular weight is 331 g/mol. The molecule has 0 aliphatic carbocycles. The number of ether oxygens (including phenoxy) is 1. The minimum Gasteiger partial charge on any atom is -0.371 e. The summed E-state index contributed by atoms with van der Waals surface area (Å²) < 4.78 is 5.82. The Morgan fingerprint density at radius 2 is 2.12 bits per heavy atom. The maximum atomic E-state index is 12.3. The van der Waals surface area contributed by atoms with Gasteiger partial charge in [0.05, 0.1) is 19.3 Å². The van der Waals surface area contributed by atoms with Crippen LogP contribution in [0.5, 0.6) is 0 Å². The maximum absolute atomic E-state index is 12.3. The van der Waals surface area contributed by atoms with E-state index in [1.54, 1.807) is 0 Å². The predicted molar refractivity (Wildman–Crippen MR) is 90.4 cm³/mol. The molecule has 2 aliphatic rings. The number of benzene rings is 1. The third kappa shape index (κ3) is 4.55. The summed E-state index contributed by atoms with van der Waals surface area (Å²) in [5, 5.41) is 5.72. The lowest BCUT2D eigenvalue weighted by atomic mass is 10.1. The highest BCUT2D eigenvalue weighted by Crippen LogP contribution is 2.21. The van der Waals surface area contributed by atoms with Crippen LogP contribution in [0, 0.1) is 0 Å². The molecule has 24 heavy (non-hydrogen) atoms. The smallest absolute Gasteiger partial charge is 0.242 e. The van der Waals surface area contributed by atoms with Crippen molar-refractivity contribution in [2.45, 2.75) is 31.4 Å². The molecule has 0 bridgehead atoms. The van der Waals surface area contributed by atoms with Gasteiger partial charge in [0, 0.05) is 19.6 Å². The molecular formula is C18H25N3O3. The van der Waals surface area contributed by atoms with Crippen LogP contribution in [0.2, 0.25) is 0 Å². The van der Waals surface area contributed by atoms with Crippen LogP contribution in [0.15, 0.2) is 30.3 Å². The molecule has 6 heteroatoms. The molecular weight excluding hydrogens is 306 g/mol. The van der Waals surface area contributed by atoms with Crippen LogP contribution in [0.4, 0.5) is 0 Å². The van der Waals surface area contributed by atoms with Gasteiger partial charge in [-0.25, -0.2) is 0 Å². The molecule has 3 rings (SSSR count). The Balaban J connectivity index is 1.51. The minimum absolute atomic E-state index is 0.00562. The number of carbonyl (C=O) groups excluding carboxylic acids is 2. The van der Waals surface area contributed by atoms with Crippen molar-refractivity contribution in [3.63, 3.8) is 0 Å². The molecule has 2 unspecified atom stereocenters. The fourth-order valence-corrected chi connectivity index (χ4v) is 3.24. The Bertz CT molecular complexity index is 564. The van der Waals surface area contributed by atoms with E-state index in [2.05, 4.69) is 15.5 Å². The number of amides is 2. The molecule has 2 fully saturated rings. The lowest BCUT2D eigenvalue weighted by Gasteiger charge is -2.33. The highest BCUT2D eigenvalue weighted by Gasteiger charge is 2.26. The average Bonchev–Trinajstić information content (AvgIpc) is 2.80. The van der Waals surface area contributed by atoms with E-state index in [-0.39, 0.29) is 17.9 Å². The van der Waals surface area contributed by atoms with Gasteiger partial charge < -0.3 is 15.4 Å². The number of nitrogens with one attached hydrogen (secondary N) is 2. The van der Waals surface area contributed by atoms with Gasteiger partial charge in [-0.1, -0.05) is 30.3 Å². The number of hydrogen-bond acceptors (Lipinski definition) is 4. The zero-order valence-corrected chi connectivity index (χ0v) is 13.9. The van der Waals surface area contributed by atoms with Gasteiger partial charge >= 0.3 is 0 Å². The van der Waals surface area contributed by atoms with Crippen molar-refractivity contribution in [2.24, 2.45) is 0 Å². The summed E-state index contributed by atoms with van der Waals surface area (Å²) in [7, 11) is 0. The van der Waals surface area contributed by atoms with E-state index in [4.69, 9.17) is 4.74 Å². The molecule has 0 aromatic heterocycles. The van der Waals surface area contributed by atoms with Crippen LogP contribution >= 0.6 is 0 Å². The van der Waals surface area contributed by atoms with Crippen LogP contribution in [-0.4, -0.2) is 55.5 Å². The Morgan fingerprint density at radius 1 is 1.29 bits per heavy atom. The highest BCUT2D eigenvalue weighted by molar-refractivity contribution is 5.88. The zero-order chi connectivity index (χ0) is 16.8. The molecule has 2 N–H and O–H groups in total. The highest BCUT2D eigenvalue weighted by atomic mass is 16.5. The number of carbonyl (C=O) groups is 2. The van der Waals surface area contributed by atoms with Crippen molar-refractivity contribution in [3.05, 3.63) is 35.9 Å². The maximum Gasteiger partial charge on any atom is 0.242 e. The molecule has 130 valence electrons. The zero-order valence-electron chi connectivity index (χ0n) is 13.9. The number of hydrogen-bond donors (Lipinski definition) is 2. The second-order valence-electron chi connectivity index (χ2n) is 6.41. The largest absolute Gasteiger partial charge is 0.371 e. The van der Waals surface area contributed by atoms with Crippen LogP contribution in [0.25, 0.3) is 0 Å². The van der Waals surface area contributed by atoms with Gasteiger partial charge in [-0.15, -0.1) is 0 Å². The van der Waals surface area contributed by atoms with Gasteiger partial charge in [-0.2, -0.15) is 0 Å². The molecule has 6 nitrogen and oxygen atoms in total. The molecule has 2 aliphatic heterocycles. The molecule has 2 amide bonds.